The average molecular weight is 676 g/mol. The van der Waals surface area contributed by atoms with E-state index in [0.717, 1.165) is 46.2 Å². The van der Waals surface area contributed by atoms with E-state index in [1.807, 2.05) is 43.3 Å². The first-order chi connectivity index (χ1) is 18.9. The first-order valence-electron chi connectivity index (χ1n) is 13.0. The molecule has 1 aliphatic rings. The van der Waals surface area contributed by atoms with Crippen molar-refractivity contribution in [3.63, 3.8) is 0 Å². The molecule has 202 valence electrons. The molecule has 0 N–H and O–H groups in total. The minimum absolute atomic E-state index is 0.154. The standard InChI is InChI=1S/C30H28Cl2IN3O3/c1-2-38-27-16-20(15-25(33)28(27)39-18-19-12-13-23(31)24(32)14-19)17-34-36-29(21-8-4-3-5-9-21)35-26-11-7-6-10-22(26)30(36)37/h6-7,10-17,21H,2-5,8-9,18H2,1H3. The molecule has 0 atom stereocenters. The molecule has 1 fully saturated rings. The van der Waals surface area contributed by atoms with Crippen LogP contribution in [0.25, 0.3) is 10.9 Å². The first kappa shape index (κ1) is 27.9. The molecule has 39 heavy (non-hydrogen) atoms. The van der Waals surface area contributed by atoms with E-state index >= 15 is 0 Å². The number of hydrogen-bond acceptors (Lipinski definition) is 5. The topological polar surface area (TPSA) is 65.7 Å². The van der Waals surface area contributed by atoms with Gasteiger partial charge in [-0.2, -0.15) is 9.78 Å². The average Bonchev–Trinajstić information content (AvgIpc) is 2.94. The Hall–Kier alpha value is -2.62. The Labute approximate surface area is 251 Å². The molecular formula is C30H28Cl2IN3O3. The van der Waals surface area contributed by atoms with Crippen molar-refractivity contribution in [2.75, 3.05) is 6.61 Å². The molecule has 1 aliphatic carbocycles. The quantitative estimate of drug-likeness (QED) is 0.139. The Balaban J connectivity index is 1.48. The number of aromatic nitrogens is 2. The summed E-state index contributed by atoms with van der Waals surface area (Å²) in [5.41, 5.74) is 2.25. The molecule has 1 saturated carbocycles. The van der Waals surface area contributed by atoms with Gasteiger partial charge in [-0.25, -0.2) is 4.98 Å². The van der Waals surface area contributed by atoms with Crippen molar-refractivity contribution < 1.29 is 9.47 Å². The zero-order valence-corrected chi connectivity index (χ0v) is 25.2. The van der Waals surface area contributed by atoms with Gasteiger partial charge in [0.05, 0.1) is 37.3 Å². The van der Waals surface area contributed by atoms with Gasteiger partial charge in [-0.05, 0) is 89.9 Å². The van der Waals surface area contributed by atoms with E-state index in [1.54, 1.807) is 24.4 Å². The molecule has 5 rings (SSSR count). The Morgan fingerprint density at radius 3 is 2.62 bits per heavy atom. The zero-order valence-electron chi connectivity index (χ0n) is 21.5. The van der Waals surface area contributed by atoms with Gasteiger partial charge in [0.25, 0.3) is 5.56 Å². The fraction of sp³-hybridized carbons (Fsp3) is 0.300. The van der Waals surface area contributed by atoms with Crippen LogP contribution in [0, 0.1) is 3.57 Å². The summed E-state index contributed by atoms with van der Waals surface area (Å²) in [7, 11) is 0. The van der Waals surface area contributed by atoms with E-state index in [0.29, 0.717) is 45.7 Å². The third kappa shape index (κ3) is 6.42. The summed E-state index contributed by atoms with van der Waals surface area (Å²) in [5.74, 6) is 2.18. The molecule has 0 aliphatic heterocycles. The summed E-state index contributed by atoms with van der Waals surface area (Å²) >= 11 is 14.4. The van der Waals surface area contributed by atoms with Crippen LogP contribution in [0.1, 0.15) is 61.9 Å². The van der Waals surface area contributed by atoms with Gasteiger partial charge in [0, 0.05) is 5.92 Å². The van der Waals surface area contributed by atoms with Crippen LogP contribution >= 0.6 is 45.8 Å². The maximum atomic E-state index is 13.5. The van der Waals surface area contributed by atoms with Gasteiger partial charge in [0.15, 0.2) is 11.5 Å². The molecule has 3 aromatic carbocycles. The zero-order chi connectivity index (χ0) is 27.4. The molecule has 0 saturated heterocycles. The Bertz CT molecular complexity index is 1580. The van der Waals surface area contributed by atoms with Crippen LogP contribution < -0.4 is 15.0 Å². The van der Waals surface area contributed by atoms with E-state index in [2.05, 4.69) is 27.7 Å². The summed E-state index contributed by atoms with van der Waals surface area (Å²) in [4.78, 5) is 18.4. The van der Waals surface area contributed by atoms with Gasteiger partial charge in [0.1, 0.15) is 12.4 Å². The van der Waals surface area contributed by atoms with E-state index < -0.39 is 0 Å². The van der Waals surface area contributed by atoms with Gasteiger partial charge in [0.2, 0.25) is 0 Å². The number of para-hydroxylation sites is 1. The van der Waals surface area contributed by atoms with Crippen LogP contribution in [0.2, 0.25) is 10.0 Å². The molecule has 0 amide bonds. The predicted molar refractivity (Wildman–Crippen MR) is 166 cm³/mol. The van der Waals surface area contributed by atoms with Gasteiger partial charge in [-0.1, -0.05) is 60.7 Å². The van der Waals surface area contributed by atoms with Crippen molar-refractivity contribution in [1.82, 2.24) is 9.66 Å². The third-order valence-electron chi connectivity index (χ3n) is 6.77. The second-order valence-electron chi connectivity index (χ2n) is 9.48. The number of hydrogen-bond donors (Lipinski definition) is 0. The second-order valence-corrected chi connectivity index (χ2v) is 11.5. The van der Waals surface area contributed by atoms with Gasteiger partial charge < -0.3 is 9.47 Å². The minimum atomic E-state index is -0.154. The van der Waals surface area contributed by atoms with Crippen molar-refractivity contribution in [2.45, 2.75) is 51.6 Å². The third-order valence-corrected chi connectivity index (χ3v) is 8.31. The van der Waals surface area contributed by atoms with Crippen LogP contribution in [0.15, 0.2) is 64.5 Å². The van der Waals surface area contributed by atoms with Gasteiger partial charge in [-0.3, -0.25) is 4.79 Å². The highest BCUT2D eigenvalue weighted by atomic mass is 127. The highest BCUT2D eigenvalue weighted by Crippen LogP contribution is 2.35. The molecule has 1 heterocycles. The highest BCUT2D eigenvalue weighted by molar-refractivity contribution is 14.1. The molecule has 4 aromatic rings. The van der Waals surface area contributed by atoms with Gasteiger partial charge in [-0.15, -0.1) is 0 Å². The molecule has 0 unspecified atom stereocenters. The van der Waals surface area contributed by atoms with E-state index in [9.17, 15) is 4.79 Å². The lowest BCUT2D eigenvalue weighted by Gasteiger charge is -2.22. The largest absolute Gasteiger partial charge is 0.490 e. The number of halogens is 3. The smallest absolute Gasteiger partial charge is 0.282 e. The highest BCUT2D eigenvalue weighted by Gasteiger charge is 2.22. The monoisotopic (exact) mass is 675 g/mol. The van der Waals surface area contributed by atoms with Crippen molar-refractivity contribution >= 4 is 62.9 Å². The van der Waals surface area contributed by atoms with E-state index in [1.165, 1.54) is 11.1 Å². The van der Waals surface area contributed by atoms with Crippen molar-refractivity contribution in [3.8, 4) is 11.5 Å². The summed E-state index contributed by atoms with van der Waals surface area (Å²) in [6, 6.07) is 16.7. The number of ether oxygens (including phenoxy) is 2. The summed E-state index contributed by atoms with van der Waals surface area (Å²) in [6.45, 7) is 2.70. The van der Waals surface area contributed by atoms with Gasteiger partial charge >= 0.3 is 0 Å². The number of rotatable bonds is 8. The Kier molecular flexibility index (Phi) is 9.10. The summed E-state index contributed by atoms with van der Waals surface area (Å²) < 4.78 is 14.4. The van der Waals surface area contributed by atoms with Crippen LogP contribution in [-0.4, -0.2) is 22.5 Å². The molecule has 0 bridgehead atoms. The number of nitrogens with zero attached hydrogens (tertiary/aromatic N) is 3. The predicted octanol–water partition coefficient (Wildman–Crippen LogP) is 8.22. The van der Waals surface area contributed by atoms with Crippen molar-refractivity contribution in [3.05, 3.63) is 95.5 Å². The maximum absolute atomic E-state index is 13.5. The lowest BCUT2D eigenvalue weighted by atomic mass is 9.88. The molecule has 0 spiro atoms. The number of benzene rings is 3. The second kappa shape index (κ2) is 12.7. The SMILES string of the molecule is CCOc1cc(C=Nn2c(C3CCCCC3)nc3ccccc3c2=O)cc(I)c1OCc1ccc(Cl)c(Cl)c1. The molecule has 9 heteroatoms. The Morgan fingerprint density at radius 1 is 1.05 bits per heavy atom. The minimum Gasteiger partial charge on any atom is -0.490 e. The molecule has 0 radical (unpaired) electrons. The molecule has 1 aromatic heterocycles. The number of fused-ring (bicyclic) bond motifs is 1. The fourth-order valence-corrected chi connectivity index (χ4v) is 5.95. The van der Waals surface area contributed by atoms with Crippen LogP contribution in [0.3, 0.4) is 0 Å². The van der Waals surface area contributed by atoms with Crippen LogP contribution in [0.5, 0.6) is 11.5 Å². The first-order valence-corrected chi connectivity index (χ1v) is 14.9. The summed E-state index contributed by atoms with van der Waals surface area (Å²) in [5, 5.41) is 6.22. The fourth-order valence-electron chi connectivity index (χ4n) is 4.85. The van der Waals surface area contributed by atoms with Crippen LogP contribution in [-0.2, 0) is 6.61 Å². The summed E-state index contributed by atoms with van der Waals surface area (Å²) in [6.07, 6.45) is 7.20. The van der Waals surface area contributed by atoms with Crippen LogP contribution in [0.4, 0.5) is 0 Å². The molecule has 6 nitrogen and oxygen atoms in total. The van der Waals surface area contributed by atoms with Crippen molar-refractivity contribution in [1.29, 1.82) is 0 Å². The van der Waals surface area contributed by atoms with E-state index in [4.69, 9.17) is 37.7 Å². The van der Waals surface area contributed by atoms with Crippen molar-refractivity contribution in [2.24, 2.45) is 5.10 Å². The Morgan fingerprint density at radius 2 is 1.85 bits per heavy atom. The van der Waals surface area contributed by atoms with E-state index in [-0.39, 0.29) is 11.5 Å². The molecular weight excluding hydrogens is 648 g/mol. The normalized spacial score (nSPS) is 14.3. The lowest BCUT2D eigenvalue weighted by Crippen LogP contribution is -2.25. The lowest BCUT2D eigenvalue weighted by molar-refractivity contribution is 0.267. The maximum Gasteiger partial charge on any atom is 0.282 e.